The number of hydrogen-bond acceptors (Lipinski definition) is 4. The van der Waals surface area contributed by atoms with Gasteiger partial charge in [-0.1, -0.05) is 6.92 Å². The Morgan fingerprint density at radius 2 is 2.00 bits per heavy atom. The van der Waals surface area contributed by atoms with Crippen molar-refractivity contribution in [1.29, 1.82) is 0 Å². The summed E-state index contributed by atoms with van der Waals surface area (Å²) < 4.78 is 5.21. The Balaban J connectivity index is 1.66. The van der Waals surface area contributed by atoms with Gasteiger partial charge in [-0.2, -0.15) is 0 Å². The second-order valence-corrected chi connectivity index (χ2v) is 5.76. The maximum Gasteiger partial charge on any atom is 0.226 e. The molecule has 1 aliphatic carbocycles. The van der Waals surface area contributed by atoms with Gasteiger partial charge >= 0.3 is 0 Å². The number of piperazine rings is 1. The van der Waals surface area contributed by atoms with Gasteiger partial charge in [-0.05, 0) is 19.3 Å². The van der Waals surface area contributed by atoms with Gasteiger partial charge in [0.25, 0.3) is 0 Å². The van der Waals surface area contributed by atoms with E-state index in [4.69, 9.17) is 4.74 Å². The number of rotatable bonds is 6. The molecule has 19 heavy (non-hydrogen) atoms. The molecule has 0 bridgehead atoms. The Kier molecular flexibility index (Phi) is 5.19. The third kappa shape index (κ3) is 4.16. The van der Waals surface area contributed by atoms with Crippen LogP contribution in [0.4, 0.5) is 0 Å². The highest BCUT2D eigenvalue weighted by Gasteiger charge is 2.41. The highest BCUT2D eigenvalue weighted by molar-refractivity contribution is 5.81. The van der Waals surface area contributed by atoms with Crippen LogP contribution in [0, 0.1) is 11.8 Å². The van der Waals surface area contributed by atoms with Gasteiger partial charge in [0, 0.05) is 45.2 Å². The molecule has 5 heteroatoms. The van der Waals surface area contributed by atoms with Gasteiger partial charge in [0.1, 0.15) is 0 Å². The SMILES string of the molecule is CCOC[C@H](O)CN1CCN(C(=O)[C@@H]2C[C@@H]2C)CC1. The van der Waals surface area contributed by atoms with Crippen LogP contribution >= 0.6 is 0 Å². The normalized spacial score (nSPS) is 29.3. The van der Waals surface area contributed by atoms with E-state index in [0.717, 1.165) is 32.6 Å². The van der Waals surface area contributed by atoms with E-state index in [1.54, 1.807) is 0 Å². The quantitative estimate of drug-likeness (QED) is 0.748. The van der Waals surface area contributed by atoms with Gasteiger partial charge in [-0.3, -0.25) is 9.69 Å². The van der Waals surface area contributed by atoms with Crippen molar-refractivity contribution in [1.82, 2.24) is 9.80 Å². The van der Waals surface area contributed by atoms with Crippen LogP contribution in [0.2, 0.25) is 0 Å². The fraction of sp³-hybridized carbons (Fsp3) is 0.929. The number of nitrogens with zero attached hydrogens (tertiary/aromatic N) is 2. The number of ether oxygens (including phenoxy) is 1. The number of β-amino-alcohol motifs (C(OH)–C–C–N with tert-alkyl or cyclic N) is 1. The van der Waals surface area contributed by atoms with Crippen LogP contribution in [0.3, 0.4) is 0 Å². The molecule has 1 heterocycles. The number of hydrogen-bond donors (Lipinski definition) is 1. The molecule has 2 fully saturated rings. The minimum absolute atomic E-state index is 0.287. The zero-order chi connectivity index (χ0) is 13.8. The molecule has 5 nitrogen and oxygen atoms in total. The van der Waals surface area contributed by atoms with Crippen molar-refractivity contribution >= 4 is 5.91 Å². The lowest BCUT2D eigenvalue weighted by atomic mass is 10.2. The number of aliphatic hydroxyl groups excluding tert-OH is 1. The van der Waals surface area contributed by atoms with Crippen LogP contribution in [0.5, 0.6) is 0 Å². The van der Waals surface area contributed by atoms with Crippen molar-refractivity contribution in [2.45, 2.75) is 26.4 Å². The second kappa shape index (κ2) is 6.68. The molecule has 3 atom stereocenters. The van der Waals surface area contributed by atoms with Gasteiger partial charge in [-0.25, -0.2) is 0 Å². The van der Waals surface area contributed by atoms with Crippen molar-refractivity contribution < 1.29 is 14.6 Å². The third-order valence-electron chi connectivity index (χ3n) is 4.09. The Morgan fingerprint density at radius 3 is 2.53 bits per heavy atom. The van der Waals surface area contributed by atoms with Gasteiger partial charge in [0.05, 0.1) is 12.7 Å². The number of amides is 1. The van der Waals surface area contributed by atoms with E-state index in [9.17, 15) is 9.90 Å². The fourth-order valence-corrected chi connectivity index (χ4v) is 2.66. The predicted octanol–water partition coefficient (Wildman–Crippen LogP) is 0.184. The first-order valence-corrected chi connectivity index (χ1v) is 7.38. The minimum Gasteiger partial charge on any atom is -0.389 e. The van der Waals surface area contributed by atoms with Gasteiger partial charge in [0.2, 0.25) is 5.91 Å². The van der Waals surface area contributed by atoms with E-state index < -0.39 is 6.10 Å². The molecular formula is C14H26N2O3. The highest BCUT2D eigenvalue weighted by atomic mass is 16.5. The van der Waals surface area contributed by atoms with Crippen LogP contribution in [0.1, 0.15) is 20.3 Å². The van der Waals surface area contributed by atoms with Crippen molar-refractivity contribution in [2.75, 3.05) is 45.9 Å². The molecule has 0 aromatic rings. The topological polar surface area (TPSA) is 53.0 Å². The summed E-state index contributed by atoms with van der Waals surface area (Å²) in [5.74, 6) is 1.20. The zero-order valence-corrected chi connectivity index (χ0v) is 12.0. The molecule has 110 valence electrons. The highest BCUT2D eigenvalue weighted by Crippen LogP contribution is 2.39. The standard InChI is InChI=1S/C14H26N2O3/c1-3-19-10-12(17)9-15-4-6-16(7-5-15)14(18)13-8-11(13)2/h11-13,17H,3-10H2,1-2H3/t11-,12+,13+/m0/s1. The smallest absolute Gasteiger partial charge is 0.226 e. The van der Waals surface area contributed by atoms with Crippen LogP contribution in [-0.2, 0) is 9.53 Å². The first-order chi connectivity index (χ1) is 9.11. The molecule has 2 rings (SSSR count). The van der Waals surface area contributed by atoms with Crippen molar-refractivity contribution in [2.24, 2.45) is 11.8 Å². The van der Waals surface area contributed by atoms with Crippen LogP contribution in [0.15, 0.2) is 0 Å². The van der Waals surface area contributed by atoms with Crippen molar-refractivity contribution in [3.05, 3.63) is 0 Å². The number of aliphatic hydroxyl groups is 1. The van der Waals surface area contributed by atoms with Crippen LogP contribution in [-0.4, -0.2) is 72.9 Å². The molecular weight excluding hydrogens is 244 g/mol. The van der Waals surface area contributed by atoms with Gasteiger partial charge < -0.3 is 14.7 Å². The summed E-state index contributed by atoms with van der Waals surface area (Å²) in [6.07, 6.45) is 0.636. The Labute approximate surface area is 115 Å². The molecule has 1 aliphatic heterocycles. The average molecular weight is 270 g/mol. The Hall–Kier alpha value is -0.650. The predicted molar refractivity (Wildman–Crippen MR) is 72.8 cm³/mol. The van der Waals surface area contributed by atoms with Gasteiger partial charge in [-0.15, -0.1) is 0 Å². The Morgan fingerprint density at radius 1 is 1.37 bits per heavy atom. The molecule has 0 aromatic carbocycles. The molecule has 0 radical (unpaired) electrons. The number of carbonyl (C=O) groups is 1. The molecule has 0 spiro atoms. The molecule has 1 amide bonds. The summed E-state index contributed by atoms with van der Waals surface area (Å²) in [6.45, 7) is 9.05. The summed E-state index contributed by atoms with van der Waals surface area (Å²) in [7, 11) is 0. The summed E-state index contributed by atoms with van der Waals surface area (Å²) in [4.78, 5) is 16.3. The van der Waals surface area contributed by atoms with Gasteiger partial charge in [0.15, 0.2) is 0 Å². The van der Waals surface area contributed by atoms with E-state index in [0.29, 0.717) is 31.6 Å². The number of carbonyl (C=O) groups excluding carboxylic acids is 1. The summed E-state index contributed by atoms with van der Waals surface area (Å²) in [5, 5.41) is 9.79. The molecule has 2 aliphatic rings. The van der Waals surface area contributed by atoms with E-state index in [1.165, 1.54) is 0 Å². The monoisotopic (exact) mass is 270 g/mol. The first-order valence-electron chi connectivity index (χ1n) is 7.38. The lowest BCUT2D eigenvalue weighted by molar-refractivity contribution is -0.134. The summed E-state index contributed by atoms with van der Waals surface area (Å²) in [5.41, 5.74) is 0. The molecule has 0 unspecified atom stereocenters. The van der Waals surface area contributed by atoms with Crippen molar-refractivity contribution in [3.8, 4) is 0 Å². The first kappa shape index (κ1) is 14.8. The second-order valence-electron chi connectivity index (χ2n) is 5.76. The fourth-order valence-electron chi connectivity index (χ4n) is 2.66. The molecule has 1 saturated carbocycles. The largest absolute Gasteiger partial charge is 0.389 e. The average Bonchev–Trinajstić information content (AvgIpc) is 3.13. The summed E-state index contributed by atoms with van der Waals surface area (Å²) in [6, 6.07) is 0. The molecule has 1 saturated heterocycles. The van der Waals surface area contributed by atoms with E-state index in [-0.39, 0.29) is 5.92 Å². The molecule has 1 N–H and O–H groups in total. The summed E-state index contributed by atoms with van der Waals surface area (Å²) >= 11 is 0. The lowest BCUT2D eigenvalue weighted by Crippen LogP contribution is -2.51. The Bertz CT molecular complexity index is 303. The third-order valence-corrected chi connectivity index (χ3v) is 4.09. The van der Waals surface area contributed by atoms with E-state index in [2.05, 4.69) is 11.8 Å². The molecule has 0 aromatic heterocycles. The maximum absolute atomic E-state index is 12.1. The van der Waals surface area contributed by atoms with E-state index in [1.807, 2.05) is 11.8 Å². The van der Waals surface area contributed by atoms with E-state index >= 15 is 0 Å². The minimum atomic E-state index is -0.425. The van der Waals surface area contributed by atoms with Crippen molar-refractivity contribution in [3.63, 3.8) is 0 Å². The lowest BCUT2D eigenvalue weighted by Gasteiger charge is -2.35. The van der Waals surface area contributed by atoms with Crippen LogP contribution < -0.4 is 0 Å². The zero-order valence-electron chi connectivity index (χ0n) is 12.0. The maximum atomic E-state index is 12.1. The van der Waals surface area contributed by atoms with Crippen LogP contribution in [0.25, 0.3) is 0 Å².